The fourth-order valence-corrected chi connectivity index (χ4v) is 2.97. The number of hydrogen-bond acceptors (Lipinski definition) is 2. The van der Waals surface area contributed by atoms with Crippen LogP contribution in [0.1, 0.15) is 32.1 Å². The van der Waals surface area contributed by atoms with Gasteiger partial charge in [0.1, 0.15) is 11.4 Å². The zero-order valence-electron chi connectivity index (χ0n) is 11.3. The molecular weight excluding hydrogens is 343 g/mol. The molecule has 0 atom stereocenters. The lowest BCUT2D eigenvalue weighted by Gasteiger charge is -2.33. The van der Waals surface area contributed by atoms with Crippen LogP contribution >= 0.6 is 15.9 Å². The summed E-state index contributed by atoms with van der Waals surface area (Å²) in [5, 5.41) is 14.3. The molecule has 7 heteroatoms. The lowest BCUT2D eigenvalue weighted by atomic mass is 9.82. The van der Waals surface area contributed by atoms with Gasteiger partial charge in [0, 0.05) is 4.47 Å². The number of nitrogens with one attached hydrogen (secondary N) is 2. The van der Waals surface area contributed by atoms with E-state index < -0.39 is 23.4 Å². The largest absolute Gasteiger partial charge is 0.480 e. The molecule has 1 aromatic carbocycles. The Labute approximate surface area is 130 Å². The van der Waals surface area contributed by atoms with Crippen LogP contribution in [0.2, 0.25) is 0 Å². The van der Waals surface area contributed by atoms with E-state index in [0.717, 1.165) is 19.3 Å². The van der Waals surface area contributed by atoms with Crippen molar-refractivity contribution in [2.45, 2.75) is 37.6 Å². The smallest absolute Gasteiger partial charge is 0.329 e. The minimum atomic E-state index is -1.26. The maximum absolute atomic E-state index is 13.7. The van der Waals surface area contributed by atoms with Crippen LogP contribution in [-0.2, 0) is 4.79 Å². The predicted octanol–water partition coefficient (Wildman–Crippen LogP) is 3.50. The molecule has 1 aliphatic carbocycles. The molecule has 114 valence electrons. The van der Waals surface area contributed by atoms with Gasteiger partial charge in [-0.3, -0.25) is 0 Å². The molecule has 0 aliphatic heterocycles. The van der Waals surface area contributed by atoms with Crippen LogP contribution < -0.4 is 10.6 Å². The lowest BCUT2D eigenvalue weighted by Crippen LogP contribution is -2.56. The fraction of sp³-hybridized carbons (Fsp3) is 0.429. The van der Waals surface area contributed by atoms with Crippen molar-refractivity contribution in [1.82, 2.24) is 5.32 Å². The van der Waals surface area contributed by atoms with E-state index in [9.17, 15) is 19.1 Å². The van der Waals surface area contributed by atoms with Crippen molar-refractivity contribution in [3.8, 4) is 0 Å². The Morgan fingerprint density at radius 3 is 2.48 bits per heavy atom. The maximum atomic E-state index is 13.7. The van der Waals surface area contributed by atoms with Gasteiger partial charge in [-0.1, -0.05) is 25.3 Å². The van der Waals surface area contributed by atoms with Crippen LogP contribution in [0.25, 0.3) is 0 Å². The number of rotatable bonds is 3. The van der Waals surface area contributed by atoms with Crippen molar-refractivity contribution in [3.63, 3.8) is 0 Å². The monoisotopic (exact) mass is 358 g/mol. The molecule has 0 aromatic heterocycles. The molecule has 0 unspecified atom stereocenters. The van der Waals surface area contributed by atoms with Gasteiger partial charge in [-0.15, -0.1) is 0 Å². The summed E-state index contributed by atoms with van der Waals surface area (Å²) in [5.74, 6) is -1.64. The highest BCUT2D eigenvalue weighted by molar-refractivity contribution is 9.10. The summed E-state index contributed by atoms with van der Waals surface area (Å²) >= 11 is 3.14. The molecule has 3 N–H and O–H groups in total. The van der Waals surface area contributed by atoms with Crippen molar-refractivity contribution in [2.24, 2.45) is 0 Å². The summed E-state index contributed by atoms with van der Waals surface area (Å²) in [4.78, 5) is 23.5. The summed E-state index contributed by atoms with van der Waals surface area (Å²) in [7, 11) is 0. The van der Waals surface area contributed by atoms with Gasteiger partial charge >= 0.3 is 12.0 Å². The Morgan fingerprint density at radius 2 is 1.90 bits per heavy atom. The van der Waals surface area contributed by atoms with E-state index in [2.05, 4.69) is 26.6 Å². The van der Waals surface area contributed by atoms with E-state index in [1.54, 1.807) is 6.07 Å². The first-order valence-electron chi connectivity index (χ1n) is 6.71. The molecule has 0 radical (unpaired) electrons. The molecule has 1 fully saturated rings. The summed E-state index contributed by atoms with van der Waals surface area (Å²) < 4.78 is 14.0. The van der Waals surface area contributed by atoms with Crippen molar-refractivity contribution < 1.29 is 19.1 Å². The lowest BCUT2D eigenvalue weighted by molar-refractivity contribution is -0.145. The Balaban J connectivity index is 2.11. The number of para-hydroxylation sites is 1. The minimum absolute atomic E-state index is 0.00801. The van der Waals surface area contributed by atoms with Crippen molar-refractivity contribution in [3.05, 3.63) is 28.5 Å². The average molecular weight is 359 g/mol. The number of amides is 2. The third-order valence-electron chi connectivity index (χ3n) is 3.67. The van der Waals surface area contributed by atoms with E-state index in [-0.39, 0.29) is 5.69 Å². The number of halogens is 2. The van der Waals surface area contributed by atoms with E-state index >= 15 is 0 Å². The second-order valence-corrected chi connectivity index (χ2v) is 5.98. The number of anilines is 1. The van der Waals surface area contributed by atoms with Crippen molar-refractivity contribution >= 4 is 33.6 Å². The molecule has 2 rings (SSSR count). The van der Waals surface area contributed by atoms with Gasteiger partial charge < -0.3 is 15.7 Å². The number of carbonyl (C=O) groups excluding carboxylic acids is 1. The van der Waals surface area contributed by atoms with Gasteiger partial charge in [0.2, 0.25) is 0 Å². The highest BCUT2D eigenvalue weighted by Gasteiger charge is 2.41. The van der Waals surface area contributed by atoms with E-state index in [4.69, 9.17) is 0 Å². The normalized spacial score (nSPS) is 17.0. The van der Waals surface area contributed by atoms with Gasteiger partial charge in [-0.05, 0) is 40.9 Å². The zero-order chi connectivity index (χ0) is 15.5. The second-order valence-electron chi connectivity index (χ2n) is 5.12. The number of urea groups is 1. The Morgan fingerprint density at radius 1 is 1.24 bits per heavy atom. The zero-order valence-corrected chi connectivity index (χ0v) is 12.9. The molecule has 5 nitrogen and oxygen atoms in total. The molecule has 0 saturated heterocycles. The number of carboxylic acids is 1. The second kappa shape index (κ2) is 6.43. The van der Waals surface area contributed by atoms with Crippen LogP contribution in [0.5, 0.6) is 0 Å². The van der Waals surface area contributed by atoms with E-state index in [1.165, 1.54) is 12.1 Å². The molecule has 0 spiro atoms. The van der Waals surface area contributed by atoms with Crippen LogP contribution in [0, 0.1) is 5.82 Å². The number of benzene rings is 1. The molecule has 1 aromatic rings. The predicted molar refractivity (Wildman–Crippen MR) is 79.7 cm³/mol. The minimum Gasteiger partial charge on any atom is -0.480 e. The topological polar surface area (TPSA) is 78.4 Å². The van der Waals surface area contributed by atoms with Gasteiger partial charge in [-0.2, -0.15) is 0 Å². The molecule has 1 aliphatic rings. The summed E-state index contributed by atoms with van der Waals surface area (Å²) in [6.45, 7) is 0. The first-order chi connectivity index (χ1) is 9.94. The molecule has 1 saturated carbocycles. The van der Waals surface area contributed by atoms with E-state index in [1.807, 2.05) is 0 Å². The third-order valence-corrected chi connectivity index (χ3v) is 4.33. The molecular formula is C14H16BrFN2O3. The maximum Gasteiger partial charge on any atom is 0.329 e. The van der Waals surface area contributed by atoms with Crippen molar-refractivity contribution in [2.75, 3.05) is 5.32 Å². The van der Waals surface area contributed by atoms with Crippen LogP contribution in [0.4, 0.5) is 14.9 Å². The first kappa shape index (κ1) is 15.8. The quantitative estimate of drug-likeness (QED) is 0.773. The number of carboxylic acid groups (broad SMARTS) is 1. The number of carbonyl (C=O) groups is 2. The summed E-state index contributed by atoms with van der Waals surface area (Å²) in [5.41, 5.74) is -1.27. The third kappa shape index (κ3) is 3.53. The van der Waals surface area contributed by atoms with E-state index in [0.29, 0.717) is 17.3 Å². The first-order valence-corrected chi connectivity index (χ1v) is 7.50. The summed E-state index contributed by atoms with van der Waals surface area (Å²) in [6, 6.07) is 3.59. The highest BCUT2D eigenvalue weighted by Crippen LogP contribution is 2.29. The Bertz CT molecular complexity index is 539. The molecule has 0 bridgehead atoms. The SMILES string of the molecule is O=C(Nc1c(F)cccc1Br)NC1(C(=O)O)CCCCC1. The van der Waals surface area contributed by atoms with Gasteiger partial charge in [-0.25, -0.2) is 14.0 Å². The number of hydrogen-bond donors (Lipinski definition) is 3. The van der Waals surface area contributed by atoms with Crippen molar-refractivity contribution in [1.29, 1.82) is 0 Å². The molecule has 0 heterocycles. The average Bonchev–Trinajstić information content (AvgIpc) is 2.44. The van der Waals surface area contributed by atoms with Crippen LogP contribution in [0.3, 0.4) is 0 Å². The fourth-order valence-electron chi connectivity index (χ4n) is 2.53. The standard InChI is InChI=1S/C14H16BrFN2O3/c15-9-5-4-6-10(16)11(9)17-13(21)18-14(12(19)20)7-2-1-3-8-14/h4-6H,1-3,7-8H2,(H,19,20)(H2,17,18,21). The Kier molecular flexibility index (Phi) is 4.82. The molecule has 21 heavy (non-hydrogen) atoms. The van der Waals surface area contributed by atoms with Crippen LogP contribution in [0.15, 0.2) is 22.7 Å². The number of aliphatic carboxylic acids is 1. The van der Waals surface area contributed by atoms with Gasteiger partial charge in [0.25, 0.3) is 0 Å². The van der Waals surface area contributed by atoms with Gasteiger partial charge in [0.15, 0.2) is 0 Å². The Hall–Kier alpha value is -1.63. The summed E-state index contributed by atoms with van der Waals surface area (Å²) in [6.07, 6.45) is 3.21. The van der Waals surface area contributed by atoms with Gasteiger partial charge in [0.05, 0.1) is 5.69 Å². The highest BCUT2D eigenvalue weighted by atomic mass is 79.9. The molecule has 2 amide bonds. The van der Waals surface area contributed by atoms with Crippen LogP contribution in [-0.4, -0.2) is 22.6 Å².